The van der Waals surface area contributed by atoms with Crippen LogP contribution in [0.15, 0.2) is 36.4 Å². The minimum Gasteiger partial charge on any atom is -0.497 e. The quantitative estimate of drug-likeness (QED) is 0.942. The van der Waals surface area contributed by atoms with Crippen molar-refractivity contribution >= 4 is 16.7 Å². The first-order valence-corrected chi connectivity index (χ1v) is 7.67. The average Bonchev–Trinajstić information content (AvgIpc) is 2.54. The molecule has 1 N–H and O–H groups in total. The number of nitrogens with zero attached hydrogens (tertiary/aromatic N) is 1. The monoisotopic (exact) mass is 299 g/mol. The number of benzene rings is 2. The van der Waals surface area contributed by atoms with Crippen molar-refractivity contribution in [1.29, 1.82) is 0 Å². The van der Waals surface area contributed by atoms with Crippen molar-refractivity contribution in [1.82, 2.24) is 4.90 Å². The number of hydrogen-bond acceptors (Lipinski definition) is 3. The zero-order valence-corrected chi connectivity index (χ0v) is 12.8. The van der Waals surface area contributed by atoms with Crippen LogP contribution in [0.25, 0.3) is 10.8 Å². The Bertz CT molecular complexity index is 683. The predicted octanol–water partition coefficient (Wildman–Crippen LogP) is 3.15. The van der Waals surface area contributed by atoms with Gasteiger partial charge in [-0.15, -0.1) is 0 Å². The minimum atomic E-state index is -0.671. The molecular formula is C18H21NO3. The molecule has 1 saturated heterocycles. The van der Waals surface area contributed by atoms with Crippen molar-refractivity contribution in [3.63, 3.8) is 0 Å². The van der Waals surface area contributed by atoms with Crippen LogP contribution in [0.5, 0.6) is 5.75 Å². The molecule has 2 aromatic carbocycles. The molecule has 1 heterocycles. The van der Waals surface area contributed by atoms with Crippen LogP contribution < -0.4 is 4.74 Å². The van der Waals surface area contributed by atoms with Crippen LogP contribution in [0.3, 0.4) is 0 Å². The number of ether oxygens (including phenoxy) is 1. The molecule has 0 radical (unpaired) electrons. The highest BCUT2D eigenvalue weighted by Crippen LogP contribution is 2.24. The fourth-order valence-electron chi connectivity index (χ4n) is 3.16. The molecule has 1 atom stereocenters. The Morgan fingerprint density at radius 3 is 2.82 bits per heavy atom. The van der Waals surface area contributed by atoms with Crippen LogP contribution in [-0.4, -0.2) is 36.2 Å². The molecule has 1 aliphatic rings. The summed E-state index contributed by atoms with van der Waals surface area (Å²) in [6, 6.07) is 12.5. The second kappa shape index (κ2) is 6.36. The zero-order valence-electron chi connectivity index (χ0n) is 12.8. The van der Waals surface area contributed by atoms with Gasteiger partial charge in [-0.3, -0.25) is 9.69 Å². The third-order valence-electron chi connectivity index (χ3n) is 4.37. The number of rotatable bonds is 4. The van der Waals surface area contributed by atoms with Crippen molar-refractivity contribution in [2.75, 3.05) is 20.2 Å². The van der Waals surface area contributed by atoms with Gasteiger partial charge in [0.25, 0.3) is 0 Å². The van der Waals surface area contributed by atoms with E-state index in [1.54, 1.807) is 7.11 Å². The topological polar surface area (TPSA) is 49.8 Å². The molecule has 1 fully saturated rings. The van der Waals surface area contributed by atoms with E-state index in [1.807, 2.05) is 12.1 Å². The number of piperidine rings is 1. The fourth-order valence-corrected chi connectivity index (χ4v) is 3.16. The van der Waals surface area contributed by atoms with Gasteiger partial charge in [-0.25, -0.2) is 0 Å². The number of fused-ring (bicyclic) bond motifs is 1. The highest BCUT2D eigenvalue weighted by molar-refractivity contribution is 5.84. The van der Waals surface area contributed by atoms with Gasteiger partial charge in [0.15, 0.2) is 0 Å². The van der Waals surface area contributed by atoms with E-state index in [1.165, 1.54) is 10.9 Å². The van der Waals surface area contributed by atoms with Crippen LogP contribution in [0, 0.1) is 5.92 Å². The summed E-state index contributed by atoms with van der Waals surface area (Å²) in [5, 5.41) is 11.5. The lowest BCUT2D eigenvalue weighted by Crippen LogP contribution is -2.38. The molecule has 116 valence electrons. The molecule has 4 heteroatoms. The van der Waals surface area contributed by atoms with E-state index in [9.17, 15) is 9.90 Å². The van der Waals surface area contributed by atoms with Gasteiger partial charge in [0.2, 0.25) is 0 Å². The van der Waals surface area contributed by atoms with Crippen molar-refractivity contribution in [2.24, 2.45) is 5.92 Å². The molecule has 0 bridgehead atoms. The maximum atomic E-state index is 11.1. The lowest BCUT2D eigenvalue weighted by molar-refractivity contribution is -0.143. The van der Waals surface area contributed by atoms with Crippen LogP contribution in [0.4, 0.5) is 0 Å². The number of carboxylic acids is 1. The van der Waals surface area contributed by atoms with Gasteiger partial charge in [-0.05, 0) is 53.9 Å². The lowest BCUT2D eigenvalue weighted by Gasteiger charge is -2.30. The summed E-state index contributed by atoms with van der Waals surface area (Å²) < 4.78 is 5.24. The van der Waals surface area contributed by atoms with Crippen molar-refractivity contribution in [3.8, 4) is 5.75 Å². The highest BCUT2D eigenvalue weighted by atomic mass is 16.5. The minimum absolute atomic E-state index is 0.224. The van der Waals surface area contributed by atoms with E-state index in [-0.39, 0.29) is 5.92 Å². The molecule has 4 nitrogen and oxygen atoms in total. The summed E-state index contributed by atoms with van der Waals surface area (Å²) in [7, 11) is 1.67. The molecule has 2 aromatic rings. The van der Waals surface area contributed by atoms with Gasteiger partial charge >= 0.3 is 5.97 Å². The largest absolute Gasteiger partial charge is 0.497 e. The molecule has 0 amide bonds. The molecule has 1 unspecified atom stereocenters. The summed E-state index contributed by atoms with van der Waals surface area (Å²) in [4.78, 5) is 13.4. The van der Waals surface area contributed by atoms with Gasteiger partial charge in [-0.1, -0.05) is 18.2 Å². The Labute approximate surface area is 130 Å². The summed E-state index contributed by atoms with van der Waals surface area (Å²) in [5.74, 6) is -0.0330. The van der Waals surface area contributed by atoms with Gasteiger partial charge in [0.05, 0.1) is 13.0 Å². The van der Waals surface area contributed by atoms with Gasteiger partial charge in [-0.2, -0.15) is 0 Å². The summed E-state index contributed by atoms with van der Waals surface area (Å²) in [6.45, 7) is 2.44. The number of methoxy groups -OCH3 is 1. The molecule has 0 aliphatic carbocycles. The molecule has 0 saturated carbocycles. The molecule has 1 aliphatic heterocycles. The first kappa shape index (κ1) is 14.9. The fraction of sp³-hybridized carbons (Fsp3) is 0.389. The number of carbonyl (C=O) groups is 1. The number of carboxylic acid groups (broad SMARTS) is 1. The third kappa shape index (κ3) is 3.22. The maximum Gasteiger partial charge on any atom is 0.307 e. The first-order valence-electron chi connectivity index (χ1n) is 7.67. The summed E-state index contributed by atoms with van der Waals surface area (Å²) in [6.07, 6.45) is 1.76. The molecular weight excluding hydrogens is 278 g/mol. The van der Waals surface area contributed by atoms with Crippen LogP contribution in [-0.2, 0) is 11.3 Å². The zero-order chi connectivity index (χ0) is 15.5. The van der Waals surface area contributed by atoms with Crippen molar-refractivity contribution < 1.29 is 14.6 Å². The van der Waals surface area contributed by atoms with E-state index >= 15 is 0 Å². The second-order valence-electron chi connectivity index (χ2n) is 5.96. The lowest BCUT2D eigenvalue weighted by atomic mass is 9.97. The van der Waals surface area contributed by atoms with Crippen molar-refractivity contribution in [3.05, 3.63) is 42.0 Å². The standard InChI is InChI=1S/C18H21NO3/c1-22-17-7-6-14-9-13(4-5-15(14)10-17)11-19-8-2-3-16(12-19)18(20)21/h4-7,9-10,16H,2-3,8,11-12H2,1H3,(H,20,21). The van der Waals surface area contributed by atoms with Gasteiger partial charge < -0.3 is 9.84 Å². The number of hydrogen-bond donors (Lipinski definition) is 1. The van der Waals surface area contributed by atoms with E-state index in [0.717, 1.165) is 37.1 Å². The number of likely N-dealkylation sites (tertiary alicyclic amines) is 1. The molecule has 0 aromatic heterocycles. The third-order valence-corrected chi connectivity index (χ3v) is 4.37. The average molecular weight is 299 g/mol. The molecule has 22 heavy (non-hydrogen) atoms. The van der Waals surface area contributed by atoms with Crippen molar-refractivity contribution in [2.45, 2.75) is 19.4 Å². The Hall–Kier alpha value is -2.07. The smallest absolute Gasteiger partial charge is 0.307 e. The highest BCUT2D eigenvalue weighted by Gasteiger charge is 2.25. The van der Waals surface area contributed by atoms with E-state index in [2.05, 4.69) is 29.2 Å². The Balaban J connectivity index is 1.75. The molecule has 0 spiro atoms. The summed E-state index contributed by atoms with van der Waals surface area (Å²) in [5.41, 5.74) is 1.23. The Morgan fingerprint density at radius 2 is 2.05 bits per heavy atom. The molecule has 3 rings (SSSR count). The number of aliphatic carboxylic acids is 1. The Kier molecular flexibility index (Phi) is 4.29. The maximum absolute atomic E-state index is 11.1. The van der Waals surface area contributed by atoms with E-state index in [0.29, 0.717) is 6.54 Å². The van der Waals surface area contributed by atoms with Crippen LogP contribution in [0.1, 0.15) is 18.4 Å². The summed E-state index contributed by atoms with van der Waals surface area (Å²) >= 11 is 0. The second-order valence-corrected chi connectivity index (χ2v) is 5.96. The normalized spacial score (nSPS) is 19.2. The predicted molar refractivity (Wildman–Crippen MR) is 86.1 cm³/mol. The van der Waals surface area contributed by atoms with Gasteiger partial charge in [0, 0.05) is 13.1 Å². The van der Waals surface area contributed by atoms with E-state index in [4.69, 9.17) is 4.74 Å². The van der Waals surface area contributed by atoms with Crippen LogP contribution >= 0.6 is 0 Å². The van der Waals surface area contributed by atoms with Crippen LogP contribution in [0.2, 0.25) is 0 Å². The Morgan fingerprint density at radius 1 is 1.27 bits per heavy atom. The van der Waals surface area contributed by atoms with E-state index < -0.39 is 5.97 Å². The van der Waals surface area contributed by atoms with Gasteiger partial charge in [0.1, 0.15) is 5.75 Å². The SMILES string of the molecule is COc1ccc2cc(CN3CCCC(C(=O)O)C3)ccc2c1. The first-order chi connectivity index (χ1) is 10.7.